The van der Waals surface area contributed by atoms with Crippen molar-refractivity contribution in [1.29, 1.82) is 0 Å². The van der Waals surface area contributed by atoms with Crippen LogP contribution in [0.4, 0.5) is 0 Å². The van der Waals surface area contributed by atoms with Crippen LogP contribution in [-0.4, -0.2) is 24.0 Å². The van der Waals surface area contributed by atoms with E-state index in [9.17, 15) is 0 Å². The van der Waals surface area contributed by atoms with Gasteiger partial charge in [0.1, 0.15) is 11.5 Å². The van der Waals surface area contributed by atoms with Gasteiger partial charge in [-0.1, -0.05) is 13.8 Å². The molecule has 1 rings (SSSR count). The summed E-state index contributed by atoms with van der Waals surface area (Å²) >= 11 is 0. The zero-order valence-corrected chi connectivity index (χ0v) is 11.8. The molecule has 1 aromatic rings. The lowest BCUT2D eigenvalue weighted by atomic mass is 10.2. The van der Waals surface area contributed by atoms with E-state index in [4.69, 9.17) is 4.42 Å². The van der Waals surface area contributed by atoms with Crippen molar-refractivity contribution in [2.75, 3.05) is 13.1 Å². The number of nitrogens with zero attached hydrogens (tertiary/aromatic N) is 1. The van der Waals surface area contributed by atoms with Crippen LogP contribution in [0.5, 0.6) is 0 Å². The molecule has 0 spiro atoms. The summed E-state index contributed by atoms with van der Waals surface area (Å²) in [5, 5.41) is 3.29. The van der Waals surface area contributed by atoms with Gasteiger partial charge in [-0.3, -0.25) is 4.90 Å². The van der Waals surface area contributed by atoms with Gasteiger partial charge in [0, 0.05) is 18.2 Å². The molecule has 0 atom stereocenters. The molecular weight excluding hydrogens is 212 g/mol. The lowest BCUT2D eigenvalue weighted by Crippen LogP contribution is -2.30. The molecule has 0 saturated heterocycles. The maximum Gasteiger partial charge on any atom is 0.118 e. The van der Waals surface area contributed by atoms with Crippen LogP contribution in [0.3, 0.4) is 0 Å². The standard InChI is InChI=1S/C14H26N2O/c1-6-15-9-14-8-13(12(5)17-14)10-16(7-2)11(3)4/h8,11,15H,6-7,9-10H2,1-5H3. The fourth-order valence-electron chi connectivity index (χ4n) is 1.96. The van der Waals surface area contributed by atoms with Gasteiger partial charge >= 0.3 is 0 Å². The van der Waals surface area contributed by atoms with Gasteiger partial charge in [-0.05, 0) is 39.9 Å². The summed E-state index contributed by atoms with van der Waals surface area (Å²) in [5.41, 5.74) is 1.31. The Balaban J connectivity index is 2.67. The number of rotatable bonds is 7. The monoisotopic (exact) mass is 238 g/mol. The van der Waals surface area contributed by atoms with Gasteiger partial charge in [0.05, 0.1) is 6.54 Å². The maximum atomic E-state index is 5.75. The Hall–Kier alpha value is -0.800. The van der Waals surface area contributed by atoms with E-state index in [1.165, 1.54) is 5.56 Å². The molecule has 98 valence electrons. The van der Waals surface area contributed by atoms with Gasteiger partial charge in [-0.2, -0.15) is 0 Å². The Labute approximate surface area is 105 Å². The number of hydrogen-bond donors (Lipinski definition) is 1. The molecule has 0 aliphatic rings. The summed E-state index contributed by atoms with van der Waals surface area (Å²) in [4.78, 5) is 2.44. The van der Waals surface area contributed by atoms with Crippen LogP contribution in [-0.2, 0) is 13.1 Å². The molecule has 1 N–H and O–H groups in total. The van der Waals surface area contributed by atoms with Crippen LogP contribution in [0.15, 0.2) is 10.5 Å². The van der Waals surface area contributed by atoms with E-state index in [0.717, 1.165) is 37.7 Å². The zero-order valence-electron chi connectivity index (χ0n) is 11.8. The van der Waals surface area contributed by atoms with E-state index < -0.39 is 0 Å². The summed E-state index contributed by atoms with van der Waals surface area (Å²) in [6.45, 7) is 14.7. The first-order valence-electron chi connectivity index (χ1n) is 6.61. The van der Waals surface area contributed by atoms with Crippen molar-refractivity contribution in [1.82, 2.24) is 10.2 Å². The summed E-state index contributed by atoms with van der Waals surface area (Å²) < 4.78 is 5.75. The van der Waals surface area contributed by atoms with Crippen LogP contribution in [0.1, 0.15) is 44.8 Å². The molecule has 0 fully saturated rings. The minimum atomic E-state index is 0.575. The van der Waals surface area contributed by atoms with Gasteiger partial charge in [-0.25, -0.2) is 0 Å². The Morgan fingerprint density at radius 2 is 2.06 bits per heavy atom. The number of nitrogens with one attached hydrogen (secondary N) is 1. The fraction of sp³-hybridized carbons (Fsp3) is 0.714. The lowest BCUT2D eigenvalue weighted by Gasteiger charge is -2.24. The van der Waals surface area contributed by atoms with Crippen molar-refractivity contribution in [3.8, 4) is 0 Å². The highest BCUT2D eigenvalue weighted by Crippen LogP contribution is 2.17. The predicted molar refractivity (Wildman–Crippen MR) is 72.0 cm³/mol. The average Bonchev–Trinajstić information content (AvgIpc) is 2.63. The van der Waals surface area contributed by atoms with Crippen molar-refractivity contribution in [2.24, 2.45) is 0 Å². The molecular formula is C14H26N2O. The van der Waals surface area contributed by atoms with E-state index in [2.05, 4.69) is 50.9 Å². The largest absolute Gasteiger partial charge is 0.465 e. The first kappa shape index (κ1) is 14.3. The van der Waals surface area contributed by atoms with Crippen LogP contribution in [0, 0.1) is 6.92 Å². The SMILES string of the molecule is CCNCc1cc(CN(CC)C(C)C)c(C)o1. The third-order valence-electron chi connectivity index (χ3n) is 3.13. The Morgan fingerprint density at radius 1 is 1.35 bits per heavy atom. The highest BCUT2D eigenvalue weighted by atomic mass is 16.3. The number of aryl methyl sites for hydroxylation is 1. The third kappa shape index (κ3) is 4.17. The third-order valence-corrected chi connectivity index (χ3v) is 3.13. The van der Waals surface area contributed by atoms with Crippen molar-refractivity contribution < 1.29 is 4.42 Å². The van der Waals surface area contributed by atoms with Gasteiger partial charge in [0.25, 0.3) is 0 Å². The van der Waals surface area contributed by atoms with E-state index >= 15 is 0 Å². The molecule has 1 aromatic heterocycles. The van der Waals surface area contributed by atoms with Gasteiger partial charge < -0.3 is 9.73 Å². The van der Waals surface area contributed by atoms with Crippen LogP contribution in [0.2, 0.25) is 0 Å². The molecule has 0 unspecified atom stereocenters. The Morgan fingerprint density at radius 3 is 2.59 bits per heavy atom. The molecule has 3 heteroatoms. The topological polar surface area (TPSA) is 28.4 Å². The molecule has 0 aliphatic heterocycles. The molecule has 0 radical (unpaired) electrons. The summed E-state index contributed by atoms with van der Waals surface area (Å²) in [6, 6.07) is 2.76. The second-order valence-corrected chi connectivity index (χ2v) is 4.73. The van der Waals surface area contributed by atoms with Gasteiger partial charge in [0.2, 0.25) is 0 Å². The lowest BCUT2D eigenvalue weighted by molar-refractivity contribution is 0.223. The quantitative estimate of drug-likeness (QED) is 0.791. The van der Waals surface area contributed by atoms with Crippen molar-refractivity contribution in [2.45, 2.75) is 53.8 Å². The van der Waals surface area contributed by atoms with Crippen molar-refractivity contribution >= 4 is 0 Å². The van der Waals surface area contributed by atoms with E-state index in [0.29, 0.717) is 6.04 Å². The summed E-state index contributed by atoms with van der Waals surface area (Å²) in [5.74, 6) is 2.09. The molecule has 0 aromatic carbocycles. The molecule has 0 amide bonds. The summed E-state index contributed by atoms with van der Waals surface area (Å²) in [7, 11) is 0. The highest BCUT2D eigenvalue weighted by molar-refractivity contribution is 5.20. The molecule has 17 heavy (non-hydrogen) atoms. The average molecular weight is 238 g/mol. The van der Waals surface area contributed by atoms with Gasteiger partial charge in [0.15, 0.2) is 0 Å². The summed E-state index contributed by atoms with van der Waals surface area (Å²) in [6.07, 6.45) is 0. The van der Waals surface area contributed by atoms with Crippen molar-refractivity contribution in [3.63, 3.8) is 0 Å². The maximum absolute atomic E-state index is 5.75. The Bertz CT molecular complexity index is 331. The van der Waals surface area contributed by atoms with E-state index in [1.54, 1.807) is 0 Å². The second kappa shape index (κ2) is 6.82. The molecule has 3 nitrogen and oxygen atoms in total. The van der Waals surface area contributed by atoms with E-state index in [-0.39, 0.29) is 0 Å². The number of hydrogen-bond acceptors (Lipinski definition) is 3. The molecule has 0 saturated carbocycles. The zero-order chi connectivity index (χ0) is 12.8. The van der Waals surface area contributed by atoms with Crippen LogP contribution >= 0.6 is 0 Å². The van der Waals surface area contributed by atoms with Crippen LogP contribution in [0.25, 0.3) is 0 Å². The molecule has 1 heterocycles. The smallest absolute Gasteiger partial charge is 0.118 e. The molecule has 0 bridgehead atoms. The Kier molecular flexibility index (Phi) is 5.72. The number of furan rings is 1. The minimum absolute atomic E-state index is 0.575. The fourth-order valence-corrected chi connectivity index (χ4v) is 1.96. The first-order chi connectivity index (χ1) is 8.08. The van der Waals surface area contributed by atoms with Crippen LogP contribution < -0.4 is 5.32 Å². The first-order valence-corrected chi connectivity index (χ1v) is 6.61. The minimum Gasteiger partial charge on any atom is -0.465 e. The predicted octanol–water partition coefficient (Wildman–Crippen LogP) is 2.93. The second-order valence-electron chi connectivity index (χ2n) is 4.73. The normalized spacial score (nSPS) is 11.7. The molecule has 0 aliphatic carbocycles. The van der Waals surface area contributed by atoms with E-state index in [1.807, 2.05) is 0 Å². The highest BCUT2D eigenvalue weighted by Gasteiger charge is 2.12. The van der Waals surface area contributed by atoms with Crippen molar-refractivity contribution in [3.05, 3.63) is 23.2 Å². The van der Waals surface area contributed by atoms with Gasteiger partial charge in [-0.15, -0.1) is 0 Å².